The molecule has 226 valence electrons. The van der Waals surface area contributed by atoms with Gasteiger partial charge in [0.2, 0.25) is 0 Å². The monoisotopic (exact) mass is 599 g/mol. The van der Waals surface area contributed by atoms with Crippen LogP contribution in [-0.2, 0) is 19.5 Å². The first-order valence-corrected chi connectivity index (χ1v) is 15.4. The number of thiazole rings is 1. The highest BCUT2D eigenvalue weighted by molar-refractivity contribution is 7.09. The van der Waals surface area contributed by atoms with Gasteiger partial charge in [0.25, 0.3) is 11.8 Å². The summed E-state index contributed by atoms with van der Waals surface area (Å²) < 4.78 is 0. The maximum absolute atomic E-state index is 13.5. The van der Waals surface area contributed by atoms with Crippen LogP contribution in [0.25, 0.3) is 0 Å². The van der Waals surface area contributed by atoms with Crippen LogP contribution in [0.2, 0.25) is 0 Å². The average Bonchev–Trinajstić information content (AvgIpc) is 3.40. The maximum Gasteiger partial charge on any atom is 0.253 e. The Bertz CT molecular complexity index is 1510. The van der Waals surface area contributed by atoms with Crippen molar-refractivity contribution in [3.63, 3.8) is 0 Å². The third-order valence-corrected chi connectivity index (χ3v) is 8.22. The molecule has 0 aliphatic rings. The summed E-state index contributed by atoms with van der Waals surface area (Å²) in [5.41, 5.74) is 4.95. The largest absolute Gasteiger partial charge is 0.390 e. The van der Waals surface area contributed by atoms with E-state index in [1.165, 1.54) is 16.9 Å². The Morgan fingerprint density at radius 2 is 1.70 bits per heavy atom. The fourth-order valence-corrected chi connectivity index (χ4v) is 5.72. The van der Waals surface area contributed by atoms with Crippen LogP contribution in [0.4, 0.5) is 0 Å². The first kappa shape index (κ1) is 32.0. The van der Waals surface area contributed by atoms with E-state index < -0.39 is 12.1 Å². The fraction of sp³-hybridized carbons (Fsp3) is 0.353. The Morgan fingerprint density at radius 1 is 0.953 bits per heavy atom. The van der Waals surface area contributed by atoms with E-state index in [0.717, 1.165) is 21.8 Å². The minimum Gasteiger partial charge on any atom is -0.390 e. The second kappa shape index (κ2) is 15.0. The van der Waals surface area contributed by atoms with E-state index in [0.29, 0.717) is 43.1 Å². The van der Waals surface area contributed by atoms with Crippen molar-refractivity contribution < 1.29 is 14.7 Å². The first-order chi connectivity index (χ1) is 20.6. The van der Waals surface area contributed by atoms with Gasteiger partial charge < -0.3 is 15.3 Å². The van der Waals surface area contributed by atoms with E-state index in [2.05, 4.69) is 35.2 Å². The second-order valence-electron chi connectivity index (χ2n) is 11.4. The van der Waals surface area contributed by atoms with E-state index >= 15 is 0 Å². The van der Waals surface area contributed by atoms with E-state index in [4.69, 9.17) is 0 Å². The lowest BCUT2D eigenvalue weighted by Gasteiger charge is -2.28. The quantitative estimate of drug-likeness (QED) is 0.223. The number of aryl methyl sites for hydroxylation is 1. The summed E-state index contributed by atoms with van der Waals surface area (Å²) in [6, 6.07) is 18.1. The molecule has 2 atom stereocenters. The van der Waals surface area contributed by atoms with Crippen molar-refractivity contribution in [3.05, 3.63) is 117 Å². The predicted molar refractivity (Wildman–Crippen MR) is 171 cm³/mol. The zero-order valence-corrected chi connectivity index (χ0v) is 26.3. The maximum atomic E-state index is 13.5. The van der Waals surface area contributed by atoms with Crippen LogP contribution in [0.3, 0.4) is 0 Å². The summed E-state index contributed by atoms with van der Waals surface area (Å²) in [4.78, 5) is 39.1. The van der Waals surface area contributed by atoms with Crippen LogP contribution in [0.15, 0.2) is 78.4 Å². The molecule has 2 amide bonds. The molecular formula is C34H41N5O3S. The standard InChI is InChI=1S/C34H41N5O3S/c1-23(2)29-14-26(17-35-18-29)19-38(4)20-31(40)30(15-25-10-7-6-8-11-25)37-33(41)27-12-9-13-28(16-27)34(42)39(5)21-32-36-24(3)22-43-32/h6-14,16-18,22-23,30-31,40H,15,19-21H2,1-5H3,(H,37,41)/t30-,31+/m0/s1. The van der Waals surface area contributed by atoms with Gasteiger partial charge in [0.15, 0.2) is 0 Å². The smallest absolute Gasteiger partial charge is 0.253 e. The van der Waals surface area contributed by atoms with Gasteiger partial charge in [-0.2, -0.15) is 0 Å². The molecule has 43 heavy (non-hydrogen) atoms. The van der Waals surface area contributed by atoms with Gasteiger partial charge in [0, 0.05) is 54.7 Å². The number of benzene rings is 2. The summed E-state index contributed by atoms with van der Waals surface area (Å²) in [5.74, 6) is -0.157. The number of aliphatic hydroxyl groups excluding tert-OH is 1. The summed E-state index contributed by atoms with van der Waals surface area (Å²) in [6.07, 6.45) is 3.35. The van der Waals surface area contributed by atoms with Crippen LogP contribution in [0.1, 0.15) is 67.9 Å². The summed E-state index contributed by atoms with van der Waals surface area (Å²) in [6.45, 7) is 7.56. The van der Waals surface area contributed by atoms with E-state index in [-0.39, 0.29) is 11.8 Å². The Kier molecular flexibility index (Phi) is 11.2. The van der Waals surface area contributed by atoms with Crippen LogP contribution < -0.4 is 5.32 Å². The highest BCUT2D eigenvalue weighted by Gasteiger charge is 2.25. The third kappa shape index (κ3) is 9.28. The number of aromatic nitrogens is 2. The van der Waals surface area contributed by atoms with E-state index in [9.17, 15) is 14.7 Å². The molecule has 0 aliphatic heterocycles. The van der Waals surface area contributed by atoms with Crippen molar-refractivity contribution in [1.29, 1.82) is 0 Å². The molecule has 2 aromatic carbocycles. The number of amides is 2. The molecule has 0 saturated carbocycles. The van der Waals surface area contributed by atoms with Gasteiger partial charge in [-0.1, -0.05) is 56.3 Å². The van der Waals surface area contributed by atoms with Gasteiger partial charge in [-0.05, 0) is 61.2 Å². The van der Waals surface area contributed by atoms with Crippen molar-refractivity contribution in [3.8, 4) is 0 Å². The van der Waals surface area contributed by atoms with Crippen molar-refractivity contribution in [1.82, 2.24) is 25.1 Å². The van der Waals surface area contributed by atoms with Crippen molar-refractivity contribution in [2.75, 3.05) is 20.6 Å². The lowest BCUT2D eigenvalue weighted by molar-refractivity contribution is 0.0712. The minimum atomic E-state index is -0.840. The Balaban J connectivity index is 1.45. The number of carbonyl (C=O) groups excluding carboxylic acids is 2. The average molecular weight is 600 g/mol. The zero-order chi connectivity index (χ0) is 30.9. The number of carbonyl (C=O) groups is 2. The van der Waals surface area contributed by atoms with Crippen molar-refractivity contribution in [2.45, 2.75) is 58.3 Å². The molecule has 2 heterocycles. The normalized spacial score (nSPS) is 12.7. The molecule has 0 radical (unpaired) electrons. The van der Waals surface area contributed by atoms with Crippen LogP contribution in [0, 0.1) is 6.92 Å². The van der Waals surface area contributed by atoms with Gasteiger partial charge >= 0.3 is 0 Å². The molecule has 0 bridgehead atoms. The van der Waals surface area contributed by atoms with E-state index in [1.54, 1.807) is 36.2 Å². The molecule has 0 fully saturated rings. The number of hydrogen-bond donors (Lipinski definition) is 2. The third-order valence-electron chi connectivity index (χ3n) is 7.27. The number of pyridine rings is 1. The molecule has 4 aromatic rings. The lowest BCUT2D eigenvalue weighted by atomic mass is 9.99. The summed E-state index contributed by atoms with van der Waals surface area (Å²) >= 11 is 1.52. The van der Waals surface area contributed by atoms with Crippen LogP contribution >= 0.6 is 11.3 Å². The molecule has 9 heteroatoms. The molecule has 4 rings (SSSR count). The fourth-order valence-electron chi connectivity index (χ4n) is 4.90. The summed E-state index contributed by atoms with van der Waals surface area (Å²) in [7, 11) is 3.68. The van der Waals surface area contributed by atoms with Gasteiger partial charge in [0.05, 0.1) is 18.7 Å². The number of likely N-dealkylation sites (N-methyl/N-ethyl adjacent to an activating group) is 1. The zero-order valence-electron chi connectivity index (χ0n) is 25.5. The first-order valence-electron chi connectivity index (χ1n) is 14.5. The number of nitrogens with zero attached hydrogens (tertiary/aromatic N) is 4. The minimum absolute atomic E-state index is 0.193. The molecule has 0 aliphatic carbocycles. The molecule has 8 nitrogen and oxygen atoms in total. The number of aliphatic hydroxyl groups is 1. The van der Waals surface area contributed by atoms with Gasteiger partial charge in [-0.3, -0.25) is 19.5 Å². The number of hydrogen-bond acceptors (Lipinski definition) is 7. The predicted octanol–water partition coefficient (Wildman–Crippen LogP) is 5.08. The van der Waals surface area contributed by atoms with Crippen LogP contribution in [0.5, 0.6) is 0 Å². The van der Waals surface area contributed by atoms with Gasteiger partial charge in [0.1, 0.15) is 5.01 Å². The highest BCUT2D eigenvalue weighted by atomic mass is 32.1. The molecule has 2 N–H and O–H groups in total. The lowest BCUT2D eigenvalue weighted by Crippen LogP contribution is -2.49. The number of rotatable bonds is 13. The Labute approximate surface area is 258 Å². The molecule has 2 aromatic heterocycles. The molecule has 0 unspecified atom stereocenters. The summed E-state index contributed by atoms with van der Waals surface area (Å²) in [5, 5.41) is 17.2. The van der Waals surface area contributed by atoms with E-state index in [1.807, 2.05) is 67.0 Å². The highest BCUT2D eigenvalue weighted by Crippen LogP contribution is 2.17. The molecule has 0 spiro atoms. The Morgan fingerprint density at radius 3 is 2.40 bits per heavy atom. The van der Waals surface area contributed by atoms with Gasteiger partial charge in [-0.25, -0.2) is 4.98 Å². The van der Waals surface area contributed by atoms with Crippen molar-refractivity contribution in [2.24, 2.45) is 0 Å². The van der Waals surface area contributed by atoms with Crippen LogP contribution in [-0.4, -0.2) is 69.5 Å². The number of nitrogens with one attached hydrogen (secondary N) is 1. The SMILES string of the molecule is Cc1csc(CN(C)C(=O)c2cccc(C(=O)N[C@@H](Cc3ccccc3)[C@H](O)CN(C)Cc3cncc(C(C)C)c3)c2)n1. The second-order valence-corrected chi connectivity index (χ2v) is 12.4. The molecule has 0 saturated heterocycles. The van der Waals surface area contributed by atoms with Gasteiger partial charge in [-0.15, -0.1) is 11.3 Å². The molecular weight excluding hydrogens is 558 g/mol. The van der Waals surface area contributed by atoms with Crippen molar-refractivity contribution >= 4 is 23.2 Å². The topological polar surface area (TPSA) is 98.7 Å². The Hall–Kier alpha value is -3.92.